The molecule has 1 atom stereocenters. The van der Waals surface area contributed by atoms with Gasteiger partial charge in [0.15, 0.2) is 0 Å². The maximum Gasteiger partial charge on any atom is 0.352 e. The fourth-order valence-electron chi connectivity index (χ4n) is 4.71. The Labute approximate surface area is 243 Å². The molecule has 42 heavy (non-hydrogen) atoms. The minimum Gasteiger partial charge on any atom is -0.449 e. The SMILES string of the molecule is CN1CCN=C1c1cccc(OC2N=C(Cc3ccccc3)C([N+](=O)[O-])=C(Oc3ccc(C#N)c(N(C)C)c3)N2N)c1. The van der Waals surface area contributed by atoms with E-state index in [4.69, 9.17) is 15.3 Å². The van der Waals surface area contributed by atoms with Gasteiger partial charge in [-0.1, -0.05) is 42.5 Å². The zero-order chi connectivity index (χ0) is 29.8. The zero-order valence-corrected chi connectivity index (χ0v) is 23.5. The lowest BCUT2D eigenvalue weighted by atomic mass is 10.1. The van der Waals surface area contributed by atoms with Crippen LogP contribution in [0.4, 0.5) is 5.69 Å². The summed E-state index contributed by atoms with van der Waals surface area (Å²) in [5.74, 6) is 7.78. The summed E-state index contributed by atoms with van der Waals surface area (Å²) in [6.07, 6.45) is -1.03. The lowest BCUT2D eigenvalue weighted by Crippen LogP contribution is -2.49. The molecule has 0 spiro atoms. The van der Waals surface area contributed by atoms with Gasteiger partial charge in [-0.05, 0) is 29.8 Å². The van der Waals surface area contributed by atoms with Crippen LogP contribution >= 0.6 is 0 Å². The second-order valence-corrected chi connectivity index (χ2v) is 9.94. The summed E-state index contributed by atoms with van der Waals surface area (Å²) < 4.78 is 12.3. The number of benzene rings is 3. The third kappa shape index (κ3) is 5.86. The second kappa shape index (κ2) is 12.0. The zero-order valence-electron chi connectivity index (χ0n) is 23.5. The molecule has 12 nitrogen and oxygen atoms in total. The van der Waals surface area contributed by atoms with E-state index >= 15 is 0 Å². The van der Waals surface area contributed by atoms with E-state index in [0.717, 1.165) is 28.5 Å². The van der Waals surface area contributed by atoms with Crippen LogP contribution in [0.15, 0.2) is 94.4 Å². The average Bonchev–Trinajstić information content (AvgIpc) is 3.41. The first-order valence-electron chi connectivity index (χ1n) is 13.2. The van der Waals surface area contributed by atoms with Gasteiger partial charge < -0.3 is 19.3 Å². The first kappa shape index (κ1) is 28.1. The lowest BCUT2D eigenvalue weighted by Gasteiger charge is -2.31. The molecule has 0 fully saturated rings. The summed E-state index contributed by atoms with van der Waals surface area (Å²) in [5, 5.41) is 23.0. The van der Waals surface area contributed by atoms with Crippen LogP contribution in [0.1, 0.15) is 16.7 Å². The number of aliphatic imine (C=N–C) groups is 2. The van der Waals surface area contributed by atoms with Crippen molar-refractivity contribution in [3.05, 3.63) is 111 Å². The molecule has 2 heterocycles. The number of hydrogen-bond acceptors (Lipinski definition) is 11. The van der Waals surface area contributed by atoms with Crippen molar-refractivity contribution in [2.24, 2.45) is 15.8 Å². The first-order valence-corrected chi connectivity index (χ1v) is 13.2. The largest absolute Gasteiger partial charge is 0.449 e. The van der Waals surface area contributed by atoms with Crippen molar-refractivity contribution in [2.45, 2.75) is 12.8 Å². The fourth-order valence-corrected chi connectivity index (χ4v) is 4.71. The number of likely N-dealkylation sites (N-methyl/N-ethyl adjacent to an activating group) is 1. The molecule has 2 aliphatic heterocycles. The molecule has 0 amide bonds. The standard InChI is InChI=1S/C30H30N8O4/c1-35(2)26-18-24(13-12-22(26)19-31)41-29-27(38(39)40)25(16-20-8-5-4-6-9-20)34-30(37(29)32)42-23-11-7-10-21(17-23)28-33-14-15-36(28)3/h4-13,17-18,30H,14-16,32H2,1-3H3. The van der Waals surface area contributed by atoms with Gasteiger partial charge in [0.1, 0.15) is 29.1 Å². The van der Waals surface area contributed by atoms with Crippen molar-refractivity contribution in [1.29, 1.82) is 5.26 Å². The molecule has 1 unspecified atom stereocenters. The topological polar surface area (TPSA) is 146 Å². The molecule has 0 aliphatic carbocycles. The number of rotatable bonds is 9. The molecule has 3 aromatic rings. The highest BCUT2D eigenvalue weighted by atomic mass is 16.6. The van der Waals surface area contributed by atoms with Crippen LogP contribution in [0.25, 0.3) is 0 Å². The van der Waals surface area contributed by atoms with Crippen molar-refractivity contribution >= 4 is 17.2 Å². The van der Waals surface area contributed by atoms with Crippen molar-refractivity contribution in [1.82, 2.24) is 9.91 Å². The summed E-state index contributed by atoms with van der Waals surface area (Å²) in [6.45, 7) is 1.54. The van der Waals surface area contributed by atoms with Crippen molar-refractivity contribution < 1.29 is 14.4 Å². The molecule has 0 aromatic heterocycles. The van der Waals surface area contributed by atoms with E-state index in [1.165, 1.54) is 0 Å². The third-order valence-electron chi connectivity index (χ3n) is 6.79. The predicted octanol–water partition coefficient (Wildman–Crippen LogP) is 3.38. The summed E-state index contributed by atoms with van der Waals surface area (Å²) in [4.78, 5) is 24.9. The van der Waals surface area contributed by atoms with Gasteiger partial charge in [0.2, 0.25) is 0 Å². The quantitative estimate of drug-likeness (QED) is 0.234. The molecule has 0 saturated heterocycles. The first-order chi connectivity index (χ1) is 20.2. The minimum absolute atomic E-state index is 0.144. The van der Waals surface area contributed by atoms with Gasteiger partial charge in [-0.3, -0.25) is 15.1 Å². The predicted molar refractivity (Wildman–Crippen MR) is 159 cm³/mol. The third-order valence-corrected chi connectivity index (χ3v) is 6.79. The van der Waals surface area contributed by atoms with E-state index in [9.17, 15) is 15.4 Å². The van der Waals surface area contributed by atoms with E-state index in [0.29, 0.717) is 23.5 Å². The Kier molecular flexibility index (Phi) is 8.03. The monoisotopic (exact) mass is 566 g/mol. The molecule has 214 valence electrons. The Morgan fingerprint density at radius 1 is 1.12 bits per heavy atom. The number of hydrogen-bond donors (Lipinski definition) is 1. The van der Waals surface area contributed by atoms with Gasteiger partial charge in [-0.15, -0.1) is 0 Å². The van der Waals surface area contributed by atoms with E-state index < -0.39 is 11.3 Å². The Balaban J connectivity index is 1.54. The summed E-state index contributed by atoms with van der Waals surface area (Å²) >= 11 is 0. The molecule has 2 aliphatic rings. The molecule has 0 radical (unpaired) electrons. The summed E-state index contributed by atoms with van der Waals surface area (Å²) in [6, 6.07) is 23.6. The summed E-state index contributed by atoms with van der Waals surface area (Å²) in [5.41, 5.74) is 2.45. The van der Waals surface area contributed by atoms with Crippen molar-refractivity contribution in [2.75, 3.05) is 39.1 Å². The van der Waals surface area contributed by atoms with Crippen molar-refractivity contribution in [3.63, 3.8) is 0 Å². The van der Waals surface area contributed by atoms with Crippen LogP contribution in [-0.2, 0) is 6.42 Å². The fraction of sp³-hybridized carbons (Fsp3) is 0.233. The van der Waals surface area contributed by atoms with E-state index in [1.807, 2.05) is 55.6 Å². The molecule has 0 bridgehead atoms. The molecule has 12 heteroatoms. The van der Waals surface area contributed by atoms with Crippen LogP contribution in [0.3, 0.4) is 0 Å². The van der Waals surface area contributed by atoms with E-state index in [2.05, 4.69) is 21.0 Å². The molecule has 3 aromatic carbocycles. The maximum absolute atomic E-state index is 12.5. The number of nitro groups is 1. The number of nitrogens with zero attached hydrogens (tertiary/aromatic N) is 7. The van der Waals surface area contributed by atoms with Crippen LogP contribution in [-0.4, -0.2) is 67.0 Å². The number of anilines is 1. The van der Waals surface area contributed by atoms with Crippen LogP contribution in [0.5, 0.6) is 11.5 Å². The number of ether oxygens (including phenoxy) is 2. The Bertz CT molecular complexity index is 1630. The maximum atomic E-state index is 12.5. The van der Waals surface area contributed by atoms with Gasteiger partial charge in [0.25, 0.3) is 12.2 Å². The van der Waals surface area contributed by atoms with Gasteiger partial charge in [0.05, 0.1) is 22.7 Å². The van der Waals surface area contributed by atoms with Gasteiger partial charge >= 0.3 is 5.70 Å². The number of nitriles is 1. The number of allylic oxidation sites excluding steroid dienone is 1. The lowest BCUT2D eigenvalue weighted by molar-refractivity contribution is -0.420. The highest BCUT2D eigenvalue weighted by molar-refractivity contribution is 6.01. The molecular formula is C30H30N8O4. The normalized spacial score (nSPS) is 16.5. The van der Waals surface area contributed by atoms with Gasteiger partial charge in [-0.25, -0.2) is 15.8 Å². The second-order valence-electron chi connectivity index (χ2n) is 9.94. The number of hydrazine groups is 1. The highest BCUT2D eigenvalue weighted by Crippen LogP contribution is 2.30. The number of nitrogens with two attached hydrogens (primary N) is 1. The number of amidine groups is 1. The Morgan fingerprint density at radius 2 is 1.90 bits per heavy atom. The van der Waals surface area contributed by atoms with E-state index in [-0.39, 0.29) is 29.5 Å². The van der Waals surface area contributed by atoms with Crippen LogP contribution in [0.2, 0.25) is 0 Å². The Morgan fingerprint density at radius 3 is 2.57 bits per heavy atom. The molecular weight excluding hydrogens is 536 g/mol. The average molecular weight is 567 g/mol. The summed E-state index contributed by atoms with van der Waals surface area (Å²) in [7, 11) is 5.55. The minimum atomic E-state index is -1.17. The van der Waals surface area contributed by atoms with Crippen LogP contribution in [0, 0.1) is 21.4 Å². The van der Waals surface area contributed by atoms with Crippen LogP contribution < -0.4 is 20.2 Å². The molecule has 2 N–H and O–H groups in total. The van der Waals surface area contributed by atoms with Gasteiger partial charge in [-0.2, -0.15) is 5.26 Å². The highest BCUT2D eigenvalue weighted by Gasteiger charge is 2.39. The van der Waals surface area contributed by atoms with E-state index in [1.54, 1.807) is 43.3 Å². The smallest absolute Gasteiger partial charge is 0.352 e. The van der Waals surface area contributed by atoms with Gasteiger partial charge in [0, 0.05) is 45.7 Å². The molecule has 0 saturated carbocycles. The van der Waals surface area contributed by atoms with Crippen molar-refractivity contribution in [3.8, 4) is 17.6 Å². The molecule has 5 rings (SSSR count). The Hall–Kier alpha value is -5.41.